The van der Waals surface area contributed by atoms with E-state index < -0.39 is 0 Å². The van der Waals surface area contributed by atoms with E-state index in [2.05, 4.69) is 28.5 Å². The number of aryl methyl sites for hydroxylation is 1. The first kappa shape index (κ1) is 15.8. The molecule has 0 bridgehead atoms. The van der Waals surface area contributed by atoms with E-state index in [0.29, 0.717) is 5.82 Å². The van der Waals surface area contributed by atoms with Crippen molar-refractivity contribution in [1.82, 2.24) is 4.98 Å². The van der Waals surface area contributed by atoms with Crippen molar-refractivity contribution in [3.63, 3.8) is 0 Å². The maximum atomic E-state index is 5.33. The van der Waals surface area contributed by atoms with E-state index in [1.165, 1.54) is 0 Å². The maximum absolute atomic E-state index is 5.33. The van der Waals surface area contributed by atoms with Crippen molar-refractivity contribution < 1.29 is 9.47 Å². The highest BCUT2D eigenvalue weighted by atomic mass is 16.5. The van der Waals surface area contributed by atoms with Crippen LogP contribution in [0.25, 0.3) is 10.9 Å². The second kappa shape index (κ2) is 7.00. The molecule has 0 radical (unpaired) electrons. The van der Waals surface area contributed by atoms with Crippen molar-refractivity contribution in [3.8, 4) is 11.5 Å². The molecule has 0 spiro atoms. The van der Waals surface area contributed by atoms with Gasteiger partial charge in [0, 0.05) is 10.9 Å². The largest absolute Gasteiger partial charge is 0.497 e. The van der Waals surface area contributed by atoms with Crippen molar-refractivity contribution in [3.05, 3.63) is 59.7 Å². The highest BCUT2D eigenvalue weighted by Crippen LogP contribution is 2.23. The summed E-state index contributed by atoms with van der Waals surface area (Å²) in [6, 6.07) is 15.6. The van der Waals surface area contributed by atoms with Crippen LogP contribution < -0.4 is 14.9 Å². The Morgan fingerprint density at radius 3 is 2.67 bits per heavy atom. The molecule has 1 N–H and O–H groups in total. The first-order chi connectivity index (χ1) is 11.7. The third kappa shape index (κ3) is 3.30. The van der Waals surface area contributed by atoms with Gasteiger partial charge in [-0.1, -0.05) is 18.2 Å². The third-order valence-electron chi connectivity index (χ3n) is 3.74. The minimum absolute atomic E-state index is 0.698. The zero-order chi connectivity index (χ0) is 16.9. The van der Waals surface area contributed by atoms with Crippen LogP contribution in [0.3, 0.4) is 0 Å². The topological polar surface area (TPSA) is 55.7 Å². The molecule has 5 heteroatoms. The van der Waals surface area contributed by atoms with Crippen molar-refractivity contribution in [1.29, 1.82) is 0 Å². The summed E-state index contributed by atoms with van der Waals surface area (Å²) in [5, 5.41) is 5.41. The summed E-state index contributed by atoms with van der Waals surface area (Å²) in [5.41, 5.74) is 5.89. The Morgan fingerprint density at radius 2 is 1.88 bits per heavy atom. The summed E-state index contributed by atoms with van der Waals surface area (Å²) >= 11 is 0. The number of anilines is 1. The summed E-state index contributed by atoms with van der Waals surface area (Å²) in [7, 11) is 3.25. The molecule has 1 aromatic heterocycles. The highest BCUT2D eigenvalue weighted by Gasteiger charge is 2.03. The molecule has 0 aliphatic heterocycles. The minimum atomic E-state index is 0.698. The fraction of sp³-hybridized carbons (Fsp3) is 0.158. The van der Waals surface area contributed by atoms with Crippen molar-refractivity contribution >= 4 is 22.9 Å². The van der Waals surface area contributed by atoms with E-state index in [-0.39, 0.29) is 0 Å². The van der Waals surface area contributed by atoms with Crippen LogP contribution >= 0.6 is 0 Å². The lowest BCUT2D eigenvalue weighted by Crippen LogP contribution is -1.97. The number of para-hydroxylation sites is 1. The average Bonchev–Trinajstić information content (AvgIpc) is 2.61. The number of ether oxygens (including phenoxy) is 2. The monoisotopic (exact) mass is 321 g/mol. The summed E-state index contributed by atoms with van der Waals surface area (Å²) in [6.07, 6.45) is 1.69. The van der Waals surface area contributed by atoms with E-state index in [1.807, 2.05) is 42.5 Å². The molecule has 24 heavy (non-hydrogen) atoms. The fourth-order valence-corrected chi connectivity index (χ4v) is 2.51. The summed E-state index contributed by atoms with van der Waals surface area (Å²) < 4.78 is 10.6. The molecule has 3 rings (SSSR count). The zero-order valence-corrected chi connectivity index (χ0v) is 13.9. The molecular weight excluding hydrogens is 302 g/mol. The number of rotatable bonds is 5. The van der Waals surface area contributed by atoms with Gasteiger partial charge in [0.1, 0.15) is 17.3 Å². The minimum Gasteiger partial charge on any atom is -0.497 e. The third-order valence-corrected chi connectivity index (χ3v) is 3.74. The number of aromatic nitrogens is 1. The van der Waals surface area contributed by atoms with Crippen LogP contribution in [0, 0.1) is 6.92 Å². The summed E-state index contributed by atoms with van der Waals surface area (Å²) in [5.74, 6) is 2.17. The molecule has 0 atom stereocenters. The number of hydrazone groups is 1. The Bertz CT molecular complexity index is 891. The van der Waals surface area contributed by atoms with E-state index in [9.17, 15) is 0 Å². The highest BCUT2D eigenvalue weighted by molar-refractivity contribution is 5.86. The molecular formula is C19H19N3O2. The second-order valence-corrected chi connectivity index (χ2v) is 5.32. The normalized spacial score (nSPS) is 11.0. The van der Waals surface area contributed by atoms with E-state index in [0.717, 1.165) is 33.5 Å². The molecule has 3 aromatic rings. The van der Waals surface area contributed by atoms with Crippen LogP contribution in [0.5, 0.6) is 11.5 Å². The van der Waals surface area contributed by atoms with Gasteiger partial charge in [0.25, 0.3) is 0 Å². The van der Waals surface area contributed by atoms with Crippen molar-refractivity contribution in [2.24, 2.45) is 5.10 Å². The molecule has 0 saturated carbocycles. The van der Waals surface area contributed by atoms with Gasteiger partial charge in [-0.2, -0.15) is 5.10 Å². The molecule has 0 amide bonds. The smallest absolute Gasteiger partial charge is 0.147 e. The first-order valence-corrected chi connectivity index (χ1v) is 7.59. The molecule has 0 unspecified atom stereocenters. The molecule has 2 aromatic carbocycles. The molecule has 0 saturated heterocycles. The van der Waals surface area contributed by atoms with Crippen LogP contribution in [0.15, 0.2) is 53.6 Å². The number of hydrogen-bond acceptors (Lipinski definition) is 5. The molecule has 0 aliphatic carbocycles. The Balaban J connectivity index is 1.84. The SMILES string of the molecule is COc1ccc(OC)c(C=NNc2cc(C)c3ccccc3n2)c1. The predicted octanol–water partition coefficient (Wildman–Crippen LogP) is 4.01. The predicted molar refractivity (Wildman–Crippen MR) is 97.2 cm³/mol. The Labute approximate surface area is 140 Å². The number of benzene rings is 2. The van der Waals surface area contributed by atoms with Crippen LogP contribution in [0.4, 0.5) is 5.82 Å². The van der Waals surface area contributed by atoms with Crippen LogP contribution in [0.2, 0.25) is 0 Å². The summed E-state index contributed by atoms with van der Waals surface area (Å²) in [6.45, 7) is 2.06. The van der Waals surface area contributed by atoms with Crippen LogP contribution in [0.1, 0.15) is 11.1 Å². The molecule has 0 aliphatic rings. The Kier molecular flexibility index (Phi) is 4.61. The standard InChI is InChI=1S/C19H19N3O2/c1-13-10-19(21-17-7-5-4-6-16(13)17)22-20-12-14-11-15(23-2)8-9-18(14)24-3/h4-12H,1-3H3,(H,21,22). The van der Waals surface area contributed by atoms with Gasteiger partial charge >= 0.3 is 0 Å². The number of fused-ring (bicyclic) bond motifs is 1. The average molecular weight is 321 g/mol. The molecule has 1 heterocycles. The lowest BCUT2D eigenvalue weighted by Gasteiger charge is -2.07. The van der Waals surface area contributed by atoms with E-state index in [4.69, 9.17) is 9.47 Å². The van der Waals surface area contributed by atoms with Gasteiger partial charge in [0.15, 0.2) is 0 Å². The van der Waals surface area contributed by atoms with Crippen molar-refractivity contribution in [2.75, 3.05) is 19.6 Å². The molecule has 0 fully saturated rings. The Morgan fingerprint density at radius 1 is 1.04 bits per heavy atom. The van der Waals surface area contributed by atoms with Gasteiger partial charge in [-0.3, -0.25) is 5.43 Å². The van der Waals surface area contributed by atoms with Crippen molar-refractivity contribution in [2.45, 2.75) is 6.92 Å². The van der Waals surface area contributed by atoms with Crippen LogP contribution in [-0.4, -0.2) is 25.4 Å². The van der Waals surface area contributed by atoms with E-state index >= 15 is 0 Å². The molecule has 5 nitrogen and oxygen atoms in total. The van der Waals surface area contributed by atoms with Gasteiger partial charge in [-0.25, -0.2) is 4.98 Å². The van der Waals surface area contributed by atoms with Gasteiger partial charge in [-0.05, 0) is 42.8 Å². The van der Waals surface area contributed by atoms with Gasteiger partial charge < -0.3 is 9.47 Å². The number of hydrogen-bond donors (Lipinski definition) is 1. The van der Waals surface area contributed by atoms with Gasteiger partial charge in [0.2, 0.25) is 0 Å². The van der Waals surface area contributed by atoms with Gasteiger partial charge in [-0.15, -0.1) is 0 Å². The summed E-state index contributed by atoms with van der Waals surface area (Å²) in [4.78, 5) is 4.56. The van der Waals surface area contributed by atoms with Crippen LogP contribution in [-0.2, 0) is 0 Å². The second-order valence-electron chi connectivity index (χ2n) is 5.32. The quantitative estimate of drug-likeness (QED) is 0.570. The number of nitrogens with zero attached hydrogens (tertiary/aromatic N) is 2. The lowest BCUT2D eigenvalue weighted by atomic mass is 10.1. The van der Waals surface area contributed by atoms with Gasteiger partial charge in [0.05, 0.1) is 26.0 Å². The van der Waals surface area contributed by atoms with E-state index in [1.54, 1.807) is 20.4 Å². The zero-order valence-electron chi connectivity index (χ0n) is 13.9. The number of pyridine rings is 1. The first-order valence-electron chi connectivity index (χ1n) is 7.59. The number of methoxy groups -OCH3 is 2. The fourth-order valence-electron chi connectivity index (χ4n) is 2.51. The molecule has 122 valence electrons. The maximum Gasteiger partial charge on any atom is 0.147 e. The lowest BCUT2D eigenvalue weighted by molar-refractivity contribution is 0.402. The Hall–Kier alpha value is -3.08. The number of nitrogens with one attached hydrogen (secondary N) is 1.